The van der Waals surface area contributed by atoms with E-state index >= 15 is 0 Å². The molecule has 6 heteroatoms. The summed E-state index contributed by atoms with van der Waals surface area (Å²) in [5, 5.41) is 6.73. The minimum Gasteiger partial charge on any atom is -0.360 e. The first-order valence-electron chi connectivity index (χ1n) is 6.96. The molecule has 2 aromatic heterocycles. The molecule has 2 rings (SSSR count). The Morgan fingerprint density at radius 3 is 2.90 bits per heavy atom. The quantitative estimate of drug-likeness (QED) is 0.881. The van der Waals surface area contributed by atoms with Gasteiger partial charge in [0.15, 0.2) is 5.76 Å². The van der Waals surface area contributed by atoms with Crippen molar-refractivity contribution in [3.05, 3.63) is 41.9 Å². The number of hydrogen-bond donors (Lipinski definition) is 1. The number of aromatic nitrogens is 2. The number of nitrogens with one attached hydrogen (secondary N) is 1. The van der Waals surface area contributed by atoms with Crippen LogP contribution < -0.4 is 5.32 Å². The highest BCUT2D eigenvalue weighted by atomic mass is 16.5. The Balaban J connectivity index is 1.92. The number of anilines is 1. The lowest BCUT2D eigenvalue weighted by Gasteiger charge is -2.22. The minimum absolute atomic E-state index is 0.105. The van der Waals surface area contributed by atoms with E-state index in [0.29, 0.717) is 12.4 Å². The first kappa shape index (κ1) is 15.2. The van der Waals surface area contributed by atoms with Crippen molar-refractivity contribution < 1.29 is 9.32 Å². The molecule has 0 aliphatic rings. The van der Waals surface area contributed by atoms with Crippen molar-refractivity contribution in [3.63, 3.8) is 0 Å². The minimum atomic E-state index is -0.304. The molecule has 1 atom stereocenters. The summed E-state index contributed by atoms with van der Waals surface area (Å²) in [7, 11) is 1.87. The summed E-state index contributed by atoms with van der Waals surface area (Å²) in [5.74, 6) is 1.20. The zero-order chi connectivity index (χ0) is 15.2. The largest absolute Gasteiger partial charge is 0.360 e. The van der Waals surface area contributed by atoms with Gasteiger partial charge in [0.2, 0.25) is 5.91 Å². The SMILES string of the molecule is CCc1cc(CN(C)[C@@H](C)C(=O)Nc2ccccn2)on1. The van der Waals surface area contributed by atoms with Crippen molar-refractivity contribution in [1.82, 2.24) is 15.0 Å². The van der Waals surface area contributed by atoms with Crippen LogP contribution in [0.1, 0.15) is 25.3 Å². The van der Waals surface area contributed by atoms with Gasteiger partial charge in [-0.3, -0.25) is 9.69 Å². The maximum absolute atomic E-state index is 12.2. The second kappa shape index (κ2) is 6.99. The van der Waals surface area contributed by atoms with Crippen molar-refractivity contribution in [1.29, 1.82) is 0 Å². The van der Waals surface area contributed by atoms with E-state index in [4.69, 9.17) is 4.52 Å². The van der Waals surface area contributed by atoms with E-state index in [1.807, 2.05) is 37.9 Å². The molecule has 0 bridgehead atoms. The molecule has 0 unspecified atom stereocenters. The number of hydrogen-bond acceptors (Lipinski definition) is 5. The molecule has 21 heavy (non-hydrogen) atoms. The first-order chi connectivity index (χ1) is 10.1. The van der Waals surface area contributed by atoms with Crippen LogP contribution in [0.5, 0.6) is 0 Å². The molecule has 1 amide bonds. The second-order valence-electron chi connectivity index (χ2n) is 4.93. The van der Waals surface area contributed by atoms with Crippen LogP contribution in [0.25, 0.3) is 0 Å². The van der Waals surface area contributed by atoms with Gasteiger partial charge < -0.3 is 9.84 Å². The van der Waals surface area contributed by atoms with E-state index in [1.54, 1.807) is 18.3 Å². The Kier molecular flexibility index (Phi) is 5.05. The van der Waals surface area contributed by atoms with Gasteiger partial charge in [-0.05, 0) is 32.5 Å². The fraction of sp³-hybridized carbons (Fsp3) is 0.400. The van der Waals surface area contributed by atoms with E-state index in [9.17, 15) is 4.79 Å². The van der Waals surface area contributed by atoms with Crippen LogP contribution in [0.4, 0.5) is 5.82 Å². The lowest BCUT2D eigenvalue weighted by molar-refractivity contribution is -0.120. The number of pyridine rings is 1. The van der Waals surface area contributed by atoms with Gasteiger partial charge in [0, 0.05) is 12.3 Å². The van der Waals surface area contributed by atoms with Crippen LogP contribution in [0.3, 0.4) is 0 Å². The lowest BCUT2D eigenvalue weighted by atomic mass is 10.2. The highest BCUT2D eigenvalue weighted by molar-refractivity contribution is 5.93. The zero-order valence-corrected chi connectivity index (χ0v) is 12.5. The van der Waals surface area contributed by atoms with Crippen LogP contribution in [-0.2, 0) is 17.8 Å². The molecule has 2 aromatic rings. The fourth-order valence-corrected chi connectivity index (χ4v) is 1.85. The van der Waals surface area contributed by atoms with Gasteiger partial charge in [-0.15, -0.1) is 0 Å². The van der Waals surface area contributed by atoms with E-state index < -0.39 is 0 Å². The molecule has 0 aliphatic carbocycles. The Morgan fingerprint density at radius 2 is 2.29 bits per heavy atom. The highest BCUT2D eigenvalue weighted by Crippen LogP contribution is 2.10. The maximum Gasteiger partial charge on any atom is 0.242 e. The third-order valence-electron chi connectivity index (χ3n) is 3.33. The number of carbonyl (C=O) groups excluding carboxylic acids is 1. The van der Waals surface area contributed by atoms with Gasteiger partial charge in [-0.25, -0.2) is 4.98 Å². The lowest BCUT2D eigenvalue weighted by Crippen LogP contribution is -2.39. The van der Waals surface area contributed by atoms with E-state index in [-0.39, 0.29) is 11.9 Å². The van der Waals surface area contributed by atoms with E-state index in [2.05, 4.69) is 15.5 Å². The molecule has 0 fully saturated rings. The number of aryl methyl sites for hydroxylation is 1. The van der Waals surface area contributed by atoms with Crippen molar-refractivity contribution in [2.75, 3.05) is 12.4 Å². The number of likely N-dealkylation sites (N-methyl/N-ethyl adjacent to an activating group) is 1. The van der Waals surface area contributed by atoms with E-state index in [1.165, 1.54) is 0 Å². The molecule has 0 saturated heterocycles. The third kappa shape index (κ3) is 4.13. The molecule has 0 radical (unpaired) electrons. The van der Waals surface area contributed by atoms with Crippen LogP contribution in [0, 0.1) is 0 Å². The third-order valence-corrected chi connectivity index (χ3v) is 3.33. The van der Waals surface area contributed by atoms with Crippen molar-refractivity contribution in [2.24, 2.45) is 0 Å². The normalized spacial score (nSPS) is 12.4. The average Bonchev–Trinajstić information content (AvgIpc) is 2.95. The number of carbonyl (C=O) groups is 1. The number of amides is 1. The summed E-state index contributed by atoms with van der Waals surface area (Å²) in [6.45, 7) is 4.40. The predicted molar refractivity (Wildman–Crippen MR) is 79.7 cm³/mol. The molecule has 112 valence electrons. The topological polar surface area (TPSA) is 71.3 Å². The Labute approximate surface area is 124 Å². The van der Waals surface area contributed by atoms with Gasteiger partial charge in [-0.1, -0.05) is 18.1 Å². The summed E-state index contributed by atoms with van der Waals surface area (Å²) >= 11 is 0. The standard InChI is InChI=1S/C15H20N4O2/c1-4-12-9-13(21-18-12)10-19(3)11(2)15(20)17-14-7-5-6-8-16-14/h5-9,11H,4,10H2,1-3H3,(H,16,17,20)/t11-/m0/s1. The fourth-order valence-electron chi connectivity index (χ4n) is 1.85. The van der Waals surface area contributed by atoms with Gasteiger partial charge >= 0.3 is 0 Å². The Morgan fingerprint density at radius 1 is 1.48 bits per heavy atom. The summed E-state index contributed by atoms with van der Waals surface area (Å²) in [6.07, 6.45) is 2.48. The smallest absolute Gasteiger partial charge is 0.242 e. The van der Waals surface area contributed by atoms with Crippen LogP contribution >= 0.6 is 0 Å². The molecule has 0 saturated carbocycles. The van der Waals surface area contributed by atoms with Crippen LogP contribution in [0.2, 0.25) is 0 Å². The van der Waals surface area contributed by atoms with Crippen LogP contribution in [-0.4, -0.2) is 34.0 Å². The summed E-state index contributed by atoms with van der Waals surface area (Å²) in [4.78, 5) is 18.1. The maximum atomic E-state index is 12.2. The molecule has 2 heterocycles. The number of nitrogens with zero attached hydrogens (tertiary/aromatic N) is 3. The van der Waals surface area contributed by atoms with Gasteiger partial charge in [0.25, 0.3) is 0 Å². The average molecular weight is 288 g/mol. The Hall–Kier alpha value is -2.21. The highest BCUT2D eigenvalue weighted by Gasteiger charge is 2.20. The molecule has 6 nitrogen and oxygen atoms in total. The predicted octanol–water partition coefficient (Wildman–Crippen LogP) is 2.09. The monoisotopic (exact) mass is 288 g/mol. The number of rotatable bonds is 6. The van der Waals surface area contributed by atoms with Gasteiger partial charge in [0.05, 0.1) is 18.3 Å². The zero-order valence-electron chi connectivity index (χ0n) is 12.5. The summed E-state index contributed by atoms with van der Waals surface area (Å²) in [5.41, 5.74) is 0.920. The molecular weight excluding hydrogens is 268 g/mol. The Bertz CT molecular complexity index is 582. The van der Waals surface area contributed by atoms with Crippen molar-refractivity contribution in [3.8, 4) is 0 Å². The van der Waals surface area contributed by atoms with Crippen LogP contribution in [0.15, 0.2) is 35.0 Å². The molecule has 0 aliphatic heterocycles. The summed E-state index contributed by atoms with van der Waals surface area (Å²) in [6, 6.07) is 7.01. The van der Waals surface area contributed by atoms with Gasteiger partial charge in [-0.2, -0.15) is 0 Å². The first-order valence-corrected chi connectivity index (χ1v) is 6.96. The summed E-state index contributed by atoms with van der Waals surface area (Å²) < 4.78 is 5.24. The molecule has 0 spiro atoms. The van der Waals surface area contributed by atoms with Gasteiger partial charge in [0.1, 0.15) is 5.82 Å². The molecule has 0 aromatic carbocycles. The van der Waals surface area contributed by atoms with Crippen molar-refractivity contribution >= 4 is 11.7 Å². The second-order valence-corrected chi connectivity index (χ2v) is 4.93. The molecular formula is C15H20N4O2. The molecule has 1 N–H and O–H groups in total. The van der Waals surface area contributed by atoms with Crippen molar-refractivity contribution in [2.45, 2.75) is 32.9 Å². The van der Waals surface area contributed by atoms with E-state index in [0.717, 1.165) is 17.9 Å².